The van der Waals surface area contributed by atoms with Gasteiger partial charge in [0.1, 0.15) is 18.1 Å². The maximum atomic E-state index is 12.4. The minimum Gasteiger partial charge on any atom is -0.496 e. The molecule has 0 amide bonds. The predicted molar refractivity (Wildman–Crippen MR) is 105 cm³/mol. The van der Waals surface area contributed by atoms with Gasteiger partial charge in [-0.05, 0) is 42.8 Å². The van der Waals surface area contributed by atoms with Crippen LogP contribution in [-0.2, 0) is 6.61 Å². The number of carbonyl (C=O) groups is 1. The summed E-state index contributed by atoms with van der Waals surface area (Å²) < 4.78 is 10.9. The number of hydrogen-bond acceptors (Lipinski definition) is 6. The van der Waals surface area contributed by atoms with Crippen LogP contribution in [0.2, 0.25) is 5.02 Å². The van der Waals surface area contributed by atoms with Gasteiger partial charge < -0.3 is 9.47 Å². The third-order valence-electron chi connectivity index (χ3n) is 3.76. The van der Waals surface area contributed by atoms with E-state index in [4.69, 9.17) is 21.1 Å². The molecular formula is C19H18ClN3O3S. The monoisotopic (exact) mass is 403 g/mol. The average molecular weight is 404 g/mol. The molecule has 0 spiro atoms. The number of aryl methyl sites for hydroxylation is 1. The van der Waals surface area contributed by atoms with E-state index in [2.05, 4.69) is 15.2 Å². The Hall–Kier alpha value is -2.51. The highest BCUT2D eigenvalue weighted by molar-refractivity contribution is 7.99. The molecule has 0 fully saturated rings. The summed E-state index contributed by atoms with van der Waals surface area (Å²) in [6.45, 7) is 2.16. The van der Waals surface area contributed by atoms with Crippen molar-refractivity contribution in [3.8, 4) is 11.5 Å². The molecule has 0 unspecified atom stereocenters. The zero-order valence-electron chi connectivity index (χ0n) is 14.9. The van der Waals surface area contributed by atoms with Crippen molar-refractivity contribution in [3.63, 3.8) is 0 Å². The number of benzene rings is 2. The molecule has 27 heavy (non-hydrogen) atoms. The van der Waals surface area contributed by atoms with Gasteiger partial charge in [0, 0.05) is 5.02 Å². The lowest BCUT2D eigenvalue weighted by molar-refractivity contribution is 0.101. The summed E-state index contributed by atoms with van der Waals surface area (Å²) in [7, 11) is 1.54. The molecule has 0 radical (unpaired) electrons. The molecule has 0 bridgehead atoms. The van der Waals surface area contributed by atoms with E-state index in [0.717, 1.165) is 5.56 Å². The fourth-order valence-electron chi connectivity index (χ4n) is 2.35. The predicted octanol–water partition coefficient (Wildman–Crippen LogP) is 4.33. The Labute approximate surface area is 166 Å². The first kappa shape index (κ1) is 19.3. The van der Waals surface area contributed by atoms with Crippen molar-refractivity contribution in [1.82, 2.24) is 15.2 Å². The normalized spacial score (nSPS) is 10.6. The van der Waals surface area contributed by atoms with Gasteiger partial charge in [-0.15, -0.1) is 5.10 Å². The number of para-hydroxylation sites is 1. The molecule has 0 saturated carbocycles. The maximum absolute atomic E-state index is 12.4. The number of methoxy groups -OCH3 is 1. The van der Waals surface area contributed by atoms with Crippen LogP contribution >= 0.6 is 23.4 Å². The van der Waals surface area contributed by atoms with Gasteiger partial charge in [0.15, 0.2) is 11.6 Å². The minimum absolute atomic E-state index is 0.0447. The molecule has 6 nitrogen and oxygen atoms in total. The molecule has 0 aliphatic rings. The number of hydrogen-bond donors (Lipinski definition) is 1. The van der Waals surface area contributed by atoms with Gasteiger partial charge in [0.25, 0.3) is 0 Å². The first-order valence-corrected chi connectivity index (χ1v) is 9.52. The third-order valence-corrected chi connectivity index (χ3v) is 5.03. The van der Waals surface area contributed by atoms with Crippen LogP contribution in [0.4, 0.5) is 0 Å². The van der Waals surface area contributed by atoms with Crippen LogP contribution in [0.1, 0.15) is 21.7 Å². The number of nitrogens with zero attached hydrogens (tertiary/aromatic N) is 2. The van der Waals surface area contributed by atoms with E-state index in [1.165, 1.54) is 11.8 Å². The van der Waals surface area contributed by atoms with E-state index >= 15 is 0 Å². The molecule has 3 aromatic rings. The van der Waals surface area contributed by atoms with E-state index in [1.807, 2.05) is 19.1 Å². The fraction of sp³-hybridized carbons (Fsp3) is 0.211. The second kappa shape index (κ2) is 8.92. The van der Waals surface area contributed by atoms with Crippen LogP contribution < -0.4 is 9.47 Å². The van der Waals surface area contributed by atoms with Crippen LogP contribution in [0.15, 0.2) is 47.6 Å². The highest BCUT2D eigenvalue weighted by Gasteiger charge is 2.14. The molecule has 0 saturated heterocycles. The van der Waals surface area contributed by atoms with Gasteiger partial charge in [-0.25, -0.2) is 4.98 Å². The summed E-state index contributed by atoms with van der Waals surface area (Å²) in [4.78, 5) is 16.7. The second-order valence-electron chi connectivity index (χ2n) is 5.68. The number of nitrogens with one attached hydrogen (secondary N) is 1. The smallest absolute Gasteiger partial charge is 0.208 e. The Morgan fingerprint density at radius 1 is 1.26 bits per heavy atom. The van der Waals surface area contributed by atoms with Gasteiger partial charge in [0.05, 0.1) is 18.4 Å². The molecule has 0 atom stereocenters. The third kappa shape index (κ3) is 5.02. The number of thioether (sulfide) groups is 1. The lowest BCUT2D eigenvalue weighted by Crippen LogP contribution is -2.05. The lowest BCUT2D eigenvalue weighted by Gasteiger charge is -2.06. The molecule has 0 aliphatic heterocycles. The molecule has 8 heteroatoms. The number of halogens is 1. The first-order chi connectivity index (χ1) is 13.1. The van der Waals surface area contributed by atoms with Gasteiger partial charge in [0.2, 0.25) is 5.16 Å². The number of carbonyl (C=O) groups excluding carboxylic acids is 1. The number of Topliss-reactive ketones (excluding diaryl/α,β-unsaturated/α-hetero) is 1. The van der Waals surface area contributed by atoms with Crippen molar-refractivity contribution in [1.29, 1.82) is 0 Å². The van der Waals surface area contributed by atoms with Crippen LogP contribution in [0.5, 0.6) is 11.5 Å². The Kier molecular flexibility index (Phi) is 6.36. The van der Waals surface area contributed by atoms with Gasteiger partial charge in [-0.2, -0.15) is 0 Å². The number of H-pyrrole nitrogens is 1. The molecule has 1 heterocycles. The number of aromatic amines is 1. The van der Waals surface area contributed by atoms with E-state index in [1.54, 1.807) is 37.4 Å². The maximum Gasteiger partial charge on any atom is 0.208 e. The molecular weight excluding hydrogens is 386 g/mol. The SMILES string of the molecule is COc1ccccc1C(=O)CSc1n[nH]c(COc2ccc(Cl)c(C)c2)n1. The number of ether oxygens (including phenoxy) is 2. The van der Waals surface area contributed by atoms with Crippen molar-refractivity contribution in [2.75, 3.05) is 12.9 Å². The summed E-state index contributed by atoms with van der Waals surface area (Å²) >= 11 is 7.26. The Morgan fingerprint density at radius 2 is 2.07 bits per heavy atom. The van der Waals surface area contributed by atoms with Crippen molar-refractivity contribution in [2.24, 2.45) is 0 Å². The summed E-state index contributed by atoms with van der Waals surface area (Å²) in [6.07, 6.45) is 0. The van der Waals surface area contributed by atoms with Crippen LogP contribution in [0.3, 0.4) is 0 Å². The first-order valence-electron chi connectivity index (χ1n) is 8.16. The molecule has 0 aliphatic carbocycles. The molecule has 1 N–H and O–H groups in total. The van der Waals surface area contributed by atoms with Gasteiger partial charge in [-0.3, -0.25) is 9.89 Å². The van der Waals surface area contributed by atoms with E-state index in [9.17, 15) is 4.79 Å². The van der Waals surface area contributed by atoms with E-state index in [-0.39, 0.29) is 18.1 Å². The second-order valence-corrected chi connectivity index (χ2v) is 7.03. The van der Waals surface area contributed by atoms with Crippen LogP contribution in [0.25, 0.3) is 0 Å². The molecule has 1 aromatic heterocycles. The number of rotatable bonds is 8. The van der Waals surface area contributed by atoms with Crippen molar-refractivity contribution in [2.45, 2.75) is 18.7 Å². The summed E-state index contributed by atoms with van der Waals surface area (Å²) in [5.74, 6) is 2.01. The summed E-state index contributed by atoms with van der Waals surface area (Å²) in [5.41, 5.74) is 1.49. The quantitative estimate of drug-likeness (QED) is 0.445. The minimum atomic E-state index is -0.0447. The standard InChI is InChI=1S/C19H18ClN3O3S/c1-12-9-13(7-8-15(12)20)26-10-18-21-19(23-22-18)27-11-16(24)14-5-3-4-6-17(14)25-2/h3-9H,10-11H2,1-2H3,(H,21,22,23). The fourth-order valence-corrected chi connectivity index (χ4v) is 3.17. The molecule has 3 rings (SSSR count). The molecule has 2 aromatic carbocycles. The summed E-state index contributed by atoms with van der Waals surface area (Å²) in [5, 5.41) is 8.11. The van der Waals surface area contributed by atoms with Crippen LogP contribution in [-0.4, -0.2) is 33.8 Å². The molecule has 140 valence electrons. The Balaban J connectivity index is 1.54. The highest BCUT2D eigenvalue weighted by Crippen LogP contribution is 2.23. The topological polar surface area (TPSA) is 77.1 Å². The number of ketones is 1. The van der Waals surface area contributed by atoms with Crippen molar-refractivity contribution in [3.05, 3.63) is 64.4 Å². The Morgan fingerprint density at radius 3 is 2.85 bits per heavy atom. The Bertz CT molecular complexity index is 945. The number of aromatic nitrogens is 3. The van der Waals surface area contributed by atoms with E-state index < -0.39 is 0 Å². The average Bonchev–Trinajstić information content (AvgIpc) is 3.15. The summed E-state index contributed by atoms with van der Waals surface area (Å²) in [6, 6.07) is 12.6. The highest BCUT2D eigenvalue weighted by atomic mass is 35.5. The van der Waals surface area contributed by atoms with E-state index in [0.29, 0.717) is 33.1 Å². The van der Waals surface area contributed by atoms with Crippen molar-refractivity contribution >= 4 is 29.1 Å². The zero-order valence-corrected chi connectivity index (χ0v) is 16.4. The van der Waals surface area contributed by atoms with Crippen LogP contribution in [0, 0.1) is 6.92 Å². The zero-order chi connectivity index (χ0) is 19.2. The lowest BCUT2D eigenvalue weighted by atomic mass is 10.1. The largest absolute Gasteiger partial charge is 0.496 e. The van der Waals surface area contributed by atoms with Gasteiger partial charge in [-0.1, -0.05) is 35.5 Å². The van der Waals surface area contributed by atoms with Crippen molar-refractivity contribution < 1.29 is 14.3 Å². The van der Waals surface area contributed by atoms with Gasteiger partial charge >= 0.3 is 0 Å².